The highest BCUT2D eigenvalue weighted by molar-refractivity contribution is 9.09. The number of hydrogen-bond donors (Lipinski definition) is 0. The fraction of sp³-hybridized carbons (Fsp3) is 0.600. The second-order valence-electron chi connectivity index (χ2n) is 1.59. The molecule has 0 saturated heterocycles. The Balaban J connectivity index is 2.27. The molecule has 8 heavy (non-hydrogen) atoms. The van der Waals surface area contributed by atoms with Crippen LogP contribution in [0.1, 0.15) is 6.42 Å². The zero-order chi connectivity index (χ0) is 5.82. The van der Waals surface area contributed by atoms with Crippen LogP contribution in [0.3, 0.4) is 0 Å². The van der Waals surface area contributed by atoms with Crippen LogP contribution >= 0.6 is 15.9 Å². The van der Waals surface area contributed by atoms with Gasteiger partial charge in [0.1, 0.15) is 6.26 Å². The summed E-state index contributed by atoms with van der Waals surface area (Å²) < 4.78 is 0. The summed E-state index contributed by atoms with van der Waals surface area (Å²) in [6.07, 6.45) is 4.81. The van der Waals surface area contributed by atoms with Gasteiger partial charge in [0.05, 0.1) is 5.45 Å². The molecule has 1 aliphatic heterocycles. The Morgan fingerprint density at radius 1 is 1.75 bits per heavy atom. The molecular formula is C5H8BrNO. The highest BCUT2D eigenvalue weighted by Crippen LogP contribution is 2.03. The zero-order valence-corrected chi connectivity index (χ0v) is 6.10. The van der Waals surface area contributed by atoms with Gasteiger partial charge in [-0.25, -0.2) is 0 Å². The van der Waals surface area contributed by atoms with Crippen molar-refractivity contribution in [3.63, 3.8) is 0 Å². The molecule has 1 rings (SSSR count). The van der Waals surface area contributed by atoms with Crippen LogP contribution in [0.25, 0.3) is 0 Å². The fourth-order valence-corrected chi connectivity index (χ4v) is 0.925. The van der Waals surface area contributed by atoms with Gasteiger partial charge in [-0.1, -0.05) is 15.9 Å². The van der Waals surface area contributed by atoms with Gasteiger partial charge >= 0.3 is 0 Å². The third kappa shape index (κ3) is 1.49. The summed E-state index contributed by atoms with van der Waals surface area (Å²) in [5, 5.41) is 1.85. The SMILES string of the molecule is BrCN1CCC=CO1. The molecule has 0 aromatic rings. The highest BCUT2D eigenvalue weighted by atomic mass is 79.9. The van der Waals surface area contributed by atoms with Crippen LogP contribution in [-0.2, 0) is 4.84 Å². The van der Waals surface area contributed by atoms with E-state index in [0.29, 0.717) is 0 Å². The van der Waals surface area contributed by atoms with Gasteiger partial charge in [-0.15, -0.1) is 5.06 Å². The molecule has 0 aromatic heterocycles. The summed E-state index contributed by atoms with van der Waals surface area (Å²) >= 11 is 3.28. The molecule has 46 valence electrons. The molecule has 0 saturated carbocycles. The molecule has 0 aromatic carbocycles. The lowest BCUT2D eigenvalue weighted by molar-refractivity contribution is -0.0912. The first-order valence-electron chi connectivity index (χ1n) is 2.56. The topological polar surface area (TPSA) is 12.5 Å². The van der Waals surface area contributed by atoms with Gasteiger partial charge in [-0.05, 0) is 12.5 Å². The first kappa shape index (κ1) is 6.11. The summed E-state index contributed by atoms with van der Waals surface area (Å²) in [6, 6.07) is 0. The first-order valence-corrected chi connectivity index (χ1v) is 3.68. The van der Waals surface area contributed by atoms with Crippen LogP contribution in [0.2, 0.25) is 0 Å². The van der Waals surface area contributed by atoms with Crippen molar-refractivity contribution in [2.45, 2.75) is 6.42 Å². The normalized spacial score (nSPS) is 20.6. The molecule has 0 bridgehead atoms. The molecule has 0 spiro atoms. The number of alkyl halides is 1. The fourth-order valence-electron chi connectivity index (χ4n) is 0.556. The molecule has 0 radical (unpaired) electrons. The second kappa shape index (κ2) is 3.10. The number of hydrogen-bond acceptors (Lipinski definition) is 2. The van der Waals surface area contributed by atoms with Crippen molar-refractivity contribution in [1.29, 1.82) is 0 Å². The predicted octanol–water partition coefficient (Wildman–Crippen LogP) is 1.49. The van der Waals surface area contributed by atoms with Crippen molar-refractivity contribution >= 4 is 15.9 Å². The molecule has 2 nitrogen and oxygen atoms in total. The van der Waals surface area contributed by atoms with Gasteiger partial charge in [0.15, 0.2) is 0 Å². The van der Waals surface area contributed by atoms with E-state index in [9.17, 15) is 0 Å². The summed E-state index contributed by atoms with van der Waals surface area (Å²) in [4.78, 5) is 5.03. The van der Waals surface area contributed by atoms with E-state index in [0.717, 1.165) is 18.4 Å². The Bertz CT molecular complexity index is 94.4. The molecule has 1 aliphatic rings. The van der Waals surface area contributed by atoms with Crippen molar-refractivity contribution in [1.82, 2.24) is 5.06 Å². The Morgan fingerprint density at radius 3 is 3.00 bits per heavy atom. The van der Waals surface area contributed by atoms with Crippen LogP contribution in [-0.4, -0.2) is 17.1 Å². The molecule has 0 amide bonds. The molecule has 3 heteroatoms. The number of rotatable bonds is 1. The molecule has 1 heterocycles. The summed E-state index contributed by atoms with van der Waals surface area (Å²) in [7, 11) is 0. The molecule has 0 fully saturated rings. The van der Waals surface area contributed by atoms with Crippen LogP contribution in [0.15, 0.2) is 12.3 Å². The number of halogens is 1. The Kier molecular flexibility index (Phi) is 2.36. The van der Waals surface area contributed by atoms with E-state index in [1.54, 1.807) is 6.26 Å². The smallest absolute Gasteiger partial charge is 0.107 e. The number of hydroxylamine groups is 2. The van der Waals surface area contributed by atoms with Crippen molar-refractivity contribution in [3.05, 3.63) is 12.3 Å². The van der Waals surface area contributed by atoms with Crippen LogP contribution < -0.4 is 0 Å². The van der Waals surface area contributed by atoms with Gasteiger partial charge in [-0.3, -0.25) is 0 Å². The quantitative estimate of drug-likeness (QED) is 0.445. The van der Waals surface area contributed by atoms with E-state index in [1.165, 1.54) is 0 Å². The first-order chi connectivity index (χ1) is 3.93. The second-order valence-corrected chi connectivity index (χ2v) is 2.09. The van der Waals surface area contributed by atoms with E-state index in [2.05, 4.69) is 15.9 Å². The lowest BCUT2D eigenvalue weighted by Gasteiger charge is -2.19. The standard InChI is InChI=1S/C5H8BrNO/c6-5-7-3-1-2-4-8-7/h2,4H,1,3,5H2. The van der Waals surface area contributed by atoms with Crippen LogP contribution in [0, 0.1) is 0 Å². The van der Waals surface area contributed by atoms with Crippen molar-refractivity contribution in [3.8, 4) is 0 Å². The Hall–Kier alpha value is -0.0200. The van der Waals surface area contributed by atoms with Crippen molar-refractivity contribution in [2.75, 3.05) is 12.0 Å². The maximum absolute atomic E-state index is 5.03. The van der Waals surface area contributed by atoms with Crippen LogP contribution in [0.5, 0.6) is 0 Å². The minimum Gasteiger partial charge on any atom is -0.413 e. The van der Waals surface area contributed by atoms with E-state index < -0.39 is 0 Å². The predicted molar refractivity (Wildman–Crippen MR) is 35.3 cm³/mol. The van der Waals surface area contributed by atoms with E-state index >= 15 is 0 Å². The molecular weight excluding hydrogens is 170 g/mol. The van der Waals surface area contributed by atoms with Gasteiger partial charge in [-0.2, -0.15) is 0 Å². The van der Waals surface area contributed by atoms with E-state index in [-0.39, 0.29) is 0 Å². The average Bonchev–Trinajstić information content (AvgIpc) is 1.90. The monoisotopic (exact) mass is 177 g/mol. The summed E-state index contributed by atoms with van der Waals surface area (Å²) in [5.74, 6) is 0. The van der Waals surface area contributed by atoms with Crippen LogP contribution in [0.4, 0.5) is 0 Å². The maximum Gasteiger partial charge on any atom is 0.107 e. The molecule has 0 N–H and O–H groups in total. The van der Waals surface area contributed by atoms with Gasteiger partial charge < -0.3 is 4.84 Å². The maximum atomic E-state index is 5.03. The minimum absolute atomic E-state index is 0.789. The minimum atomic E-state index is 0.789. The van der Waals surface area contributed by atoms with Crippen molar-refractivity contribution in [2.24, 2.45) is 0 Å². The van der Waals surface area contributed by atoms with E-state index in [4.69, 9.17) is 4.84 Å². The zero-order valence-electron chi connectivity index (χ0n) is 4.51. The third-order valence-corrected chi connectivity index (χ3v) is 1.54. The lowest BCUT2D eigenvalue weighted by Crippen LogP contribution is -2.23. The van der Waals surface area contributed by atoms with E-state index in [1.807, 2.05) is 11.1 Å². The van der Waals surface area contributed by atoms with Gasteiger partial charge in [0.2, 0.25) is 0 Å². The molecule has 0 unspecified atom stereocenters. The Morgan fingerprint density at radius 2 is 2.62 bits per heavy atom. The van der Waals surface area contributed by atoms with Gasteiger partial charge in [0.25, 0.3) is 0 Å². The molecule has 0 atom stereocenters. The summed E-state index contributed by atoms with van der Waals surface area (Å²) in [5.41, 5.74) is 0.789. The summed E-state index contributed by atoms with van der Waals surface area (Å²) in [6.45, 7) is 0.988. The Labute approximate surface area is 57.2 Å². The third-order valence-electron chi connectivity index (χ3n) is 0.985. The molecule has 0 aliphatic carbocycles. The van der Waals surface area contributed by atoms with Gasteiger partial charge in [0, 0.05) is 6.54 Å². The van der Waals surface area contributed by atoms with Crippen molar-refractivity contribution < 1.29 is 4.84 Å². The highest BCUT2D eigenvalue weighted by Gasteiger charge is 2.02. The average molecular weight is 178 g/mol. The number of nitrogens with zero attached hydrogens (tertiary/aromatic N) is 1. The lowest BCUT2D eigenvalue weighted by atomic mass is 10.4. The largest absolute Gasteiger partial charge is 0.413 e.